The summed E-state index contributed by atoms with van der Waals surface area (Å²) in [5, 5.41) is 45.9. The van der Waals surface area contributed by atoms with Gasteiger partial charge in [0, 0.05) is 25.9 Å². The summed E-state index contributed by atoms with van der Waals surface area (Å²) in [4.78, 5) is 158. The number of rotatable bonds is 31. The van der Waals surface area contributed by atoms with Crippen LogP contribution in [0.2, 0.25) is 0 Å². The summed E-state index contributed by atoms with van der Waals surface area (Å²) in [6.45, 7) is 4.65. The van der Waals surface area contributed by atoms with Gasteiger partial charge in [-0.1, -0.05) is 27.7 Å². The first-order valence-electron chi connectivity index (χ1n) is 23.8. The number of carboxylic acids is 1. The summed E-state index contributed by atoms with van der Waals surface area (Å²) in [5.41, 5.74) is 16.1. The van der Waals surface area contributed by atoms with Crippen molar-refractivity contribution in [2.45, 2.75) is 146 Å². The highest BCUT2D eigenvalue weighted by Crippen LogP contribution is 2.25. The average Bonchev–Trinajstić information content (AvgIpc) is 4.03. The van der Waals surface area contributed by atoms with Gasteiger partial charge in [0.15, 0.2) is 0 Å². The van der Waals surface area contributed by atoms with E-state index in [1.807, 2.05) is 5.32 Å². The molecule has 2 aliphatic rings. The van der Waals surface area contributed by atoms with Crippen LogP contribution in [0.15, 0.2) is 0 Å². The van der Waals surface area contributed by atoms with Gasteiger partial charge in [0.05, 0.1) is 25.8 Å². The van der Waals surface area contributed by atoms with Gasteiger partial charge >= 0.3 is 5.97 Å². The zero-order valence-electron chi connectivity index (χ0n) is 41.4. The van der Waals surface area contributed by atoms with E-state index in [1.54, 1.807) is 20.1 Å². The van der Waals surface area contributed by atoms with Gasteiger partial charge in [0.2, 0.25) is 65.0 Å². The van der Waals surface area contributed by atoms with Gasteiger partial charge in [-0.05, 0) is 75.2 Å². The number of aliphatic hydroxyl groups is 2. The van der Waals surface area contributed by atoms with E-state index in [-0.39, 0.29) is 57.5 Å². The number of likely N-dealkylation sites (tertiary alicyclic amines) is 2. The number of carbonyl (C=O) groups excluding carboxylic acids is 11. The minimum Gasteiger partial charge on any atom is -0.480 e. The summed E-state index contributed by atoms with van der Waals surface area (Å²) >= 11 is 1.34. The molecule has 2 heterocycles. The Labute approximate surface area is 421 Å². The zero-order chi connectivity index (χ0) is 54.4. The SMILES string of the molecule is CSCC[C@H](NC(=O)[C@H](CC(C)C)NC(=O)[C@@H]1CCCN1C(=O)[C@@H]1CCCN1C(=O)CNC(=O)[C@@H](N)CCC(N)=O)C(=O)N[C@@H](CO)C(=O)N[C@H](C(=O)N[C@@H](CCC(N)=O)C(=O)N[C@@H](CO)C(=O)O)C(C)C. The van der Waals surface area contributed by atoms with E-state index < -0.39 is 157 Å². The molecule has 28 heteroatoms. The average molecular weight is 1040 g/mol. The number of hydrogen-bond acceptors (Lipinski definition) is 16. The normalized spacial score (nSPS) is 18.4. The second-order valence-electron chi connectivity index (χ2n) is 18.4. The van der Waals surface area contributed by atoms with Crippen LogP contribution in [0.4, 0.5) is 0 Å². The number of aliphatic hydroxyl groups excluding tert-OH is 2. The molecule has 2 fully saturated rings. The van der Waals surface area contributed by atoms with Crippen molar-refractivity contribution in [2.75, 3.05) is 44.9 Å². The standard InChI is InChI=1S/C44H74N12O15S/c1-22(2)18-27(51-41(67)30-8-6-16-56(30)43(69)31-9-7-15-55(31)34(61)19-48-36(62)24(45)10-12-32(46)59)39(65)49-26(14-17-72-5)38(64)52-28(20-57)40(66)54-35(23(3)4)42(68)50-25(11-13-33(47)60)37(63)53-29(21-58)44(70)71/h22-31,35,57-58H,6-21,45H2,1-5H3,(H2,46,59)(H2,47,60)(H,48,62)(H,49,65)(H,50,68)(H,51,67)(H,52,64)(H,53,63)(H,54,66)(H,70,71)/t24-,25-,26-,27-,28-,29-,30-,31-,35-/m0/s1. The second kappa shape index (κ2) is 30.7. The molecular weight excluding hydrogens is 969 g/mol. The van der Waals surface area contributed by atoms with Crippen LogP contribution in [0.5, 0.6) is 0 Å². The first-order valence-corrected chi connectivity index (χ1v) is 25.2. The number of amides is 11. The van der Waals surface area contributed by atoms with E-state index in [2.05, 4.69) is 31.9 Å². The molecule has 0 radical (unpaired) electrons. The number of carboxylic acid groups (broad SMARTS) is 1. The molecule has 2 aliphatic heterocycles. The van der Waals surface area contributed by atoms with Crippen molar-refractivity contribution in [3.05, 3.63) is 0 Å². The monoisotopic (exact) mass is 1040 g/mol. The Balaban J connectivity index is 2.20. The summed E-state index contributed by atoms with van der Waals surface area (Å²) in [5.74, 6) is -10.7. The molecule has 0 spiro atoms. The molecule has 0 aromatic rings. The maximum absolute atomic E-state index is 14.0. The maximum atomic E-state index is 14.0. The lowest BCUT2D eigenvalue weighted by molar-refractivity contribution is -0.147. The maximum Gasteiger partial charge on any atom is 0.328 e. The number of primary amides is 2. The third-order valence-electron chi connectivity index (χ3n) is 11.9. The van der Waals surface area contributed by atoms with Crippen LogP contribution < -0.4 is 54.4 Å². The van der Waals surface area contributed by atoms with Gasteiger partial charge in [0.25, 0.3) is 0 Å². The van der Waals surface area contributed by atoms with Gasteiger partial charge in [-0.15, -0.1) is 0 Å². The molecule has 2 rings (SSSR count). The predicted octanol–water partition coefficient (Wildman–Crippen LogP) is -5.62. The Morgan fingerprint density at radius 1 is 0.611 bits per heavy atom. The van der Waals surface area contributed by atoms with Crippen molar-refractivity contribution in [3.8, 4) is 0 Å². The summed E-state index contributed by atoms with van der Waals surface area (Å²) < 4.78 is 0. The topological polar surface area (TPSA) is 434 Å². The van der Waals surface area contributed by atoms with Crippen LogP contribution in [0.25, 0.3) is 0 Å². The van der Waals surface area contributed by atoms with E-state index in [0.717, 1.165) is 0 Å². The Kier molecular flexibility index (Phi) is 26.4. The number of aliphatic carboxylic acids is 1. The lowest BCUT2D eigenvalue weighted by Crippen LogP contribution is -2.61. The molecule has 406 valence electrons. The van der Waals surface area contributed by atoms with E-state index >= 15 is 0 Å². The Bertz CT molecular complexity index is 1960. The van der Waals surface area contributed by atoms with Gasteiger partial charge in [0.1, 0.15) is 48.3 Å². The molecule has 11 amide bonds. The van der Waals surface area contributed by atoms with Crippen molar-refractivity contribution in [1.29, 1.82) is 0 Å². The smallest absolute Gasteiger partial charge is 0.328 e. The highest BCUT2D eigenvalue weighted by Gasteiger charge is 2.43. The fraction of sp³-hybridized carbons (Fsp3) is 0.727. The number of hydrogen-bond donors (Lipinski definition) is 13. The molecular formula is C44H74N12O15S. The van der Waals surface area contributed by atoms with E-state index in [4.69, 9.17) is 17.2 Å². The molecule has 27 nitrogen and oxygen atoms in total. The molecule has 16 N–H and O–H groups in total. The molecule has 2 saturated heterocycles. The zero-order valence-corrected chi connectivity index (χ0v) is 42.3. The molecule has 0 unspecified atom stereocenters. The summed E-state index contributed by atoms with van der Waals surface area (Å²) in [6, 6.07) is -11.9. The number of thioether (sulfide) groups is 1. The fourth-order valence-electron chi connectivity index (χ4n) is 7.92. The van der Waals surface area contributed by atoms with Crippen LogP contribution in [-0.4, -0.2) is 195 Å². The largest absolute Gasteiger partial charge is 0.480 e. The summed E-state index contributed by atoms with van der Waals surface area (Å²) in [7, 11) is 0. The van der Waals surface area contributed by atoms with Crippen molar-refractivity contribution in [1.82, 2.24) is 47.0 Å². The lowest BCUT2D eigenvalue weighted by atomic mass is 10.0. The van der Waals surface area contributed by atoms with Crippen molar-refractivity contribution >= 4 is 82.7 Å². The van der Waals surface area contributed by atoms with Crippen LogP contribution in [0.1, 0.15) is 91.9 Å². The predicted molar refractivity (Wildman–Crippen MR) is 258 cm³/mol. The molecule has 0 aromatic heterocycles. The third-order valence-corrected chi connectivity index (χ3v) is 12.5. The van der Waals surface area contributed by atoms with Gasteiger partial charge in [-0.3, -0.25) is 52.7 Å². The van der Waals surface area contributed by atoms with Crippen LogP contribution in [0.3, 0.4) is 0 Å². The van der Waals surface area contributed by atoms with Crippen molar-refractivity contribution in [3.63, 3.8) is 0 Å². The quantitative estimate of drug-likeness (QED) is 0.0308. The highest BCUT2D eigenvalue weighted by molar-refractivity contribution is 7.98. The van der Waals surface area contributed by atoms with Gasteiger partial charge < -0.3 is 79.5 Å². The van der Waals surface area contributed by atoms with E-state index in [1.165, 1.54) is 35.4 Å². The second-order valence-corrected chi connectivity index (χ2v) is 19.4. The summed E-state index contributed by atoms with van der Waals surface area (Å²) in [6.07, 6.45) is 2.42. The molecule has 0 aromatic carbocycles. The number of nitrogens with two attached hydrogens (primary N) is 3. The Hall–Kier alpha value is -6.13. The van der Waals surface area contributed by atoms with E-state index in [0.29, 0.717) is 25.0 Å². The highest BCUT2D eigenvalue weighted by atomic mass is 32.2. The van der Waals surface area contributed by atoms with E-state index in [9.17, 15) is 72.9 Å². The van der Waals surface area contributed by atoms with Crippen LogP contribution in [0, 0.1) is 11.8 Å². The fourth-order valence-corrected chi connectivity index (χ4v) is 8.39. The van der Waals surface area contributed by atoms with Crippen molar-refractivity contribution < 1.29 is 72.9 Å². The molecule has 9 atom stereocenters. The minimum absolute atomic E-state index is 0.0190. The first kappa shape index (κ1) is 62.0. The molecule has 0 aliphatic carbocycles. The van der Waals surface area contributed by atoms with Crippen LogP contribution in [-0.2, 0) is 57.5 Å². The lowest BCUT2D eigenvalue weighted by Gasteiger charge is -2.32. The molecule has 72 heavy (non-hydrogen) atoms. The number of nitrogens with one attached hydrogen (secondary N) is 7. The minimum atomic E-state index is -1.75. The van der Waals surface area contributed by atoms with Crippen LogP contribution >= 0.6 is 11.8 Å². The molecule has 0 bridgehead atoms. The Morgan fingerprint density at radius 2 is 1.11 bits per heavy atom. The molecule has 0 saturated carbocycles. The number of nitrogens with zero attached hydrogens (tertiary/aromatic N) is 2. The van der Waals surface area contributed by atoms with Crippen molar-refractivity contribution in [2.24, 2.45) is 29.0 Å². The Morgan fingerprint density at radius 3 is 1.65 bits per heavy atom. The third kappa shape index (κ3) is 19.8. The van der Waals surface area contributed by atoms with Gasteiger partial charge in [-0.2, -0.15) is 11.8 Å². The van der Waals surface area contributed by atoms with Gasteiger partial charge in [-0.25, -0.2) is 4.79 Å². The first-order chi connectivity index (χ1) is 33.9. The number of carbonyl (C=O) groups is 12.